The molecule has 0 saturated heterocycles. The van der Waals surface area contributed by atoms with Gasteiger partial charge < -0.3 is 15.4 Å². The van der Waals surface area contributed by atoms with Crippen LogP contribution in [-0.4, -0.2) is 31.6 Å². The van der Waals surface area contributed by atoms with E-state index in [1.54, 1.807) is 25.5 Å². The Morgan fingerprint density at radius 3 is 2.75 bits per heavy atom. The minimum atomic E-state index is 0.155. The van der Waals surface area contributed by atoms with Crippen LogP contribution >= 0.6 is 11.3 Å². The molecule has 1 aromatic heterocycles. The molecular formula is C18H24N4OS. The maximum Gasteiger partial charge on any atom is 0.191 e. The van der Waals surface area contributed by atoms with Gasteiger partial charge in [0, 0.05) is 35.6 Å². The number of nitrogens with one attached hydrogen (secondary N) is 2. The van der Waals surface area contributed by atoms with Gasteiger partial charge >= 0.3 is 0 Å². The lowest BCUT2D eigenvalue weighted by atomic mass is 9.95. The van der Waals surface area contributed by atoms with E-state index >= 15 is 0 Å². The van der Waals surface area contributed by atoms with Crippen molar-refractivity contribution in [2.75, 3.05) is 20.7 Å². The number of methoxy groups -OCH3 is 1. The van der Waals surface area contributed by atoms with Gasteiger partial charge in [0.15, 0.2) is 5.96 Å². The maximum atomic E-state index is 5.53. The first-order valence-corrected chi connectivity index (χ1v) is 8.98. The Hall–Kier alpha value is -2.08. The van der Waals surface area contributed by atoms with Crippen LogP contribution in [0.4, 0.5) is 0 Å². The second kappa shape index (κ2) is 7.21. The number of aryl methyl sites for hydroxylation is 1. The van der Waals surface area contributed by atoms with Crippen LogP contribution in [0.25, 0.3) is 0 Å². The molecule has 1 aromatic carbocycles. The fourth-order valence-electron chi connectivity index (χ4n) is 2.89. The molecule has 0 atom stereocenters. The van der Waals surface area contributed by atoms with Gasteiger partial charge in [-0.3, -0.25) is 4.99 Å². The standard InChI is InChI=1S/C18H24N4OS/c1-13-10-20-16(24-13)11-21-17(19-2)22-12-18(8-9-18)14-6-4-5-7-15(14)23-3/h4-7,10H,8-9,11-12H2,1-3H3,(H2,19,21,22). The zero-order valence-electron chi connectivity index (χ0n) is 14.4. The van der Waals surface area contributed by atoms with E-state index in [-0.39, 0.29) is 5.41 Å². The summed E-state index contributed by atoms with van der Waals surface area (Å²) in [7, 11) is 3.53. The van der Waals surface area contributed by atoms with E-state index < -0.39 is 0 Å². The van der Waals surface area contributed by atoms with E-state index in [9.17, 15) is 0 Å². The van der Waals surface area contributed by atoms with Crippen molar-refractivity contribution < 1.29 is 4.74 Å². The molecule has 5 nitrogen and oxygen atoms in total. The van der Waals surface area contributed by atoms with E-state index in [1.807, 2.05) is 18.3 Å². The molecule has 24 heavy (non-hydrogen) atoms. The van der Waals surface area contributed by atoms with Crippen molar-refractivity contribution in [3.05, 3.63) is 45.9 Å². The summed E-state index contributed by atoms with van der Waals surface area (Å²) in [5, 5.41) is 7.86. The third kappa shape index (κ3) is 3.70. The molecule has 0 radical (unpaired) electrons. The summed E-state index contributed by atoms with van der Waals surface area (Å²) in [5.41, 5.74) is 1.44. The highest BCUT2D eigenvalue weighted by Gasteiger charge is 2.46. The summed E-state index contributed by atoms with van der Waals surface area (Å²) in [6, 6.07) is 8.30. The molecule has 2 aromatic rings. The van der Waals surface area contributed by atoms with Crippen molar-refractivity contribution in [3.8, 4) is 5.75 Å². The van der Waals surface area contributed by atoms with Gasteiger partial charge in [0.05, 0.1) is 13.7 Å². The van der Waals surface area contributed by atoms with Gasteiger partial charge in [-0.05, 0) is 25.8 Å². The first-order valence-electron chi connectivity index (χ1n) is 8.16. The van der Waals surface area contributed by atoms with Gasteiger partial charge in [-0.25, -0.2) is 4.98 Å². The molecule has 1 aliphatic carbocycles. The fraction of sp³-hybridized carbons (Fsp3) is 0.444. The van der Waals surface area contributed by atoms with Crippen LogP contribution in [0.5, 0.6) is 5.75 Å². The third-order valence-corrected chi connectivity index (χ3v) is 5.34. The second-order valence-electron chi connectivity index (χ2n) is 6.12. The maximum absolute atomic E-state index is 5.53. The molecule has 3 rings (SSSR count). The average molecular weight is 344 g/mol. The summed E-state index contributed by atoms with van der Waals surface area (Å²) >= 11 is 1.71. The van der Waals surface area contributed by atoms with Crippen molar-refractivity contribution in [1.29, 1.82) is 0 Å². The highest BCUT2D eigenvalue weighted by atomic mass is 32.1. The van der Waals surface area contributed by atoms with Crippen LogP contribution in [0.2, 0.25) is 0 Å². The summed E-state index contributed by atoms with van der Waals surface area (Å²) in [6.45, 7) is 3.61. The first kappa shape index (κ1) is 16.8. The fourth-order valence-corrected chi connectivity index (χ4v) is 3.62. The van der Waals surface area contributed by atoms with Crippen LogP contribution in [0.1, 0.15) is 28.3 Å². The number of aromatic nitrogens is 1. The van der Waals surface area contributed by atoms with Crippen LogP contribution in [0, 0.1) is 6.92 Å². The topological polar surface area (TPSA) is 58.5 Å². The minimum Gasteiger partial charge on any atom is -0.496 e. The summed E-state index contributed by atoms with van der Waals surface area (Å²) in [5.74, 6) is 1.78. The Bertz CT molecular complexity index is 721. The van der Waals surface area contributed by atoms with E-state index in [0.29, 0.717) is 6.54 Å². The SMILES string of the molecule is CN=C(NCc1ncc(C)s1)NCC1(c2ccccc2OC)CC1. The molecule has 0 amide bonds. The monoisotopic (exact) mass is 344 g/mol. The lowest BCUT2D eigenvalue weighted by molar-refractivity contribution is 0.403. The third-order valence-electron chi connectivity index (χ3n) is 4.43. The van der Waals surface area contributed by atoms with Crippen LogP contribution in [0.15, 0.2) is 35.5 Å². The molecule has 1 fully saturated rings. The van der Waals surface area contributed by atoms with Crippen molar-refractivity contribution in [2.24, 2.45) is 4.99 Å². The minimum absolute atomic E-state index is 0.155. The Kier molecular flexibility index (Phi) is 5.04. The number of guanidine groups is 1. The first-order chi connectivity index (χ1) is 11.7. The zero-order chi connectivity index (χ0) is 17.0. The van der Waals surface area contributed by atoms with Crippen molar-refractivity contribution in [2.45, 2.75) is 31.7 Å². The lowest BCUT2D eigenvalue weighted by Gasteiger charge is -2.21. The van der Waals surface area contributed by atoms with Crippen molar-refractivity contribution >= 4 is 17.3 Å². The Balaban J connectivity index is 1.59. The highest BCUT2D eigenvalue weighted by molar-refractivity contribution is 7.11. The molecule has 128 valence electrons. The molecular weight excluding hydrogens is 320 g/mol. The van der Waals surface area contributed by atoms with Crippen LogP contribution in [0.3, 0.4) is 0 Å². The number of rotatable bonds is 6. The second-order valence-corrected chi connectivity index (χ2v) is 7.44. The normalized spacial score (nSPS) is 15.9. The smallest absolute Gasteiger partial charge is 0.191 e. The van der Waals surface area contributed by atoms with Crippen LogP contribution in [-0.2, 0) is 12.0 Å². The molecule has 2 N–H and O–H groups in total. The van der Waals surface area contributed by atoms with Crippen molar-refractivity contribution in [1.82, 2.24) is 15.6 Å². The van der Waals surface area contributed by atoms with Gasteiger partial charge in [-0.2, -0.15) is 0 Å². The average Bonchev–Trinajstić information content (AvgIpc) is 3.29. The predicted octanol–water partition coefficient (Wildman–Crippen LogP) is 2.86. The number of hydrogen-bond donors (Lipinski definition) is 2. The largest absolute Gasteiger partial charge is 0.496 e. The van der Waals surface area contributed by atoms with Crippen LogP contribution < -0.4 is 15.4 Å². The van der Waals surface area contributed by atoms with E-state index in [2.05, 4.69) is 39.7 Å². The van der Waals surface area contributed by atoms with Gasteiger partial charge in [-0.15, -0.1) is 11.3 Å². The zero-order valence-corrected chi connectivity index (χ0v) is 15.2. The molecule has 0 unspecified atom stereocenters. The lowest BCUT2D eigenvalue weighted by Crippen LogP contribution is -2.41. The van der Waals surface area contributed by atoms with Gasteiger partial charge in [0.25, 0.3) is 0 Å². The number of para-hydroxylation sites is 1. The molecule has 0 bridgehead atoms. The number of benzene rings is 1. The van der Waals surface area contributed by atoms with Gasteiger partial charge in [-0.1, -0.05) is 18.2 Å². The van der Waals surface area contributed by atoms with Gasteiger partial charge in [0.1, 0.15) is 10.8 Å². The molecule has 6 heteroatoms. The summed E-state index contributed by atoms with van der Waals surface area (Å²) in [6.07, 6.45) is 4.24. The van der Waals surface area contributed by atoms with E-state index in [0.717, 1.165) is 23.3 Å². The molecule has 1 saturated carbocycles. The Morgan fingerprint density at radius 1 is 1.33 bits per heavy atom. The molecule has 0 aliphatic heterocycles. The predicted molar refractivity (Wildman–Crippen MR) is 99.0 cm³/mol. The number of aliphatic imine (C=N–C) groups is 1. The van der Waals surface area contributed by atoms with Gasteiger partial charge in [0.2, 0.25) is 0 Å². The Morgan fingerprint density at radius 2 is 2.12 bits per heavy atom. The van der Waals surface area contributed by atoms with Crippen molar-refractivity contribution in [3.63, 3.8) is 0 Å². The number of nitrogens with zero attached hydrogens (tertiary/aromatic N) is 2. The quantitative estimate of drug-likeness (QED) is 0.625. The number of ether oxygens (including phenoxy) is 1. The summed E-state index contributed by atoms with van der Waals surface area (Å²) < 4.78 is 5.53. The molecule has 1 heterocycles. The number of hydrogen-bond acceptors (Lipinski definition) is 4. The Labute approximate surface area is 147 Å². The molecule has 1 aliphatic rings. The highest BCUT2D eigenvalue weighted by Crippen LogP contribution is 2.50. The molecule has 0 spiro atoms. The van der Waals surface area contributed by atoms with E-state index in [4.69, 9.17) is 4.74 Å². The number of thiazole rings is 1. The summed E-state index contributed by atoms with van der Waals surface area (Å²) in [4.78, 5) is 9.91. The van der Waals surface area contributed by atoms with E-state index in [1.165, 1.54) is 23.3 Å².